The molecule has 0 aliphatic heterocycles. The van der Waals surface area contributed by atoms with Crippen LogP contribution in [0, 0.1) is 0 Å². The van der Waals surface area contributed by atoms with E-state index in [4.69, 9.17) is 16.6 Å². The van der Waals surface area contributed by atoms with Crippen LogP contribution in [0.5, 0.6) is 0 Å². The van der Waals surface area contributed by atoms with Crippen LogP contribution in [0.2, 0.25) is 5.02 Å². The Balaban J connectivity index is 2.30. The van der Waals surface area contributed by atoms with Crippen LogP contribution in [0.1, 0.15) is 0 Å². The molecule has 0 aliphatic carbocycles. The van der Waals surface area contributed by atoms with Gasteiger partial charge in [-0.3, -0.25) is 4.98 Å². The highest BCUT2D eigenvalue weighted by Gasteiger charge is 2.08. The lowest BCUT2D eigenvalue weighted by atomic mass is 10.1. The van der Waals surface area contributed by atoms with Crippen molar-refractivity contribution in [3.05, 3.63) is 59.8 Å². The van der Waals surface area contributed by atoms with Crippen molar-refractivity contribution in [2.24, 2.45) is 0 Å². The van der Waals surface area contributed by atoms with Crippen LogP contribution in [0.25, 0.3) is 32.7 Å². The maximum absolute atomic E-state index is 6.37. The van der Waals surface area contributed by atoms with E-state index in [-0.39, 0.29) is 0 Å². The fourth-order valence-electron chi connectivity index (χ4n) is 2.42. The van der Waals surface area contributed by atoms with E-state index in [9.17, 15) is 0 Å². The first-order chi connectivity index (χ1) is 9.33. The molecule has 0 unspecified atom stereocenters. The highest BCUT2D eigenvalue weighted by atomic mass is 35.5. The van der Waals surface area contributed by atoms with Gasteiger partial charge in [-0.25, -0.2) is 4.98 Å². The first-order valence-electron chi connectivity index (χ1n) is 6.06. The summed E-state index contributed by atoms with van der Waals surface area (Å²) in [5.74, 6) is 0. The second-order valence-corrected chi connectivity index (χ2v) is 4.92. The summed E-state index contributed by atoms with van der Waals surface area (Å²) in [4.78, 5) is 9.16. The van der Waals surface area contributed by atoms with Crippen molar-refractivity contribution < 1.29 is 0 Å². The van der Waals surface area contributed by atoms with Gasteiger partial charge in [0, 0.05) is 22.4 Å². The molecular formula is C16H9ClN2. The van der Waals surface area contributed by atoms with Crippen LogP contribution >= 0.6 is 11.6 Å². The molecule has 0 radical (unpaired) electrons. The molecule has 0 N–H and O–H groups in total. The molecule has 19 heavy (non-hydrogen) atoms. The van der Waals surface area contributed by atoms with E-state index in [1.165, 1.54) is 0 Å². The number of nitrogens with zero attached hydrogens (tertiary/aromatic N) is 2. The van der Waals surface area contributed by atoms with Crippen molar-refractivity contribution >= 4 is 44.3 Å². The van der Waals surface area contributed by atoms with Gasteiger partial charge >= 0.3 is 0 Å². The minimum absolute atomic E-state index is 0.716. The Morgan fingerprint density at radius 3 is 2.63 bits per heavy atom. The van der Waals surface area contributed by atoms with Crippen molar-refractivity contribution in [3.8, 4) is 0 Å². The van der Waals surface area contributed by atoms with E-state index in [1.54, 1.807) is 6.20 Å². The second kappa shape index (κ2) is 3.90. The summed E-state index contributed by atoms with van der Waals surface area (Å²) >= 11 is 6.37. The molecular weight excluding hydrogens is 256 g/mol. The zero-order valence-corrected chi connectivity index (χ0v) is 10.7. The molecule has 0 saturated heterocycles. The van der Waals surface area contributed by atoms with E-state index < -0.39 is 0 Å². The lowest BCUT2D eigenvalue weighted by molar-refractivity contribution is 1.40. The molecule has 90 valence electrons. The number of para-hydroxylation sites is 1. The standard InChI is InChI=1S/C16H9ClN2/c17-13-9-11-5-3-7-18-15(11)16-12(13)8-10-4-1-2-6-14(10)19-16/h1-9H. The number of aromatic nitrogens is 2. The van der Waals surface area contributed by atoms with Gasteiger partial charge in [-0.2, -0.15) is 0 Å². The number of hydrogen-bond donors (Lipinski definition) is 0. The molecule has 2 heterocycles. The van der Waals surface area contributed by atoms with Gasteiger partial charge in [-0.05, 0) is 24.3 Å². The molecule has 4 aromatic rings. The van der Waals surface area contributed by atoms with Gasteiger partial charge < -0.3 is 0 Å². The van der Waals surface area contributed by atoms with Gasteiger partial charge in [0.2, 0.25) is 0 Å². The maximum Gasteiger partial charge on any atom is 0.0987 e. The van der Waals surface area contributed by atoms with Crippen molar-refractivity contribution in [1.82, 2.24) is 9.97 Å². The summed E-state index contributed by atoms with van der Waals surface area (Å²) in [7, 11) is 0. The average Bonchev–Trinajstić information content (AvgIpc) is 2.46. The fraction of sp³-hybridized carbons (Fsp3) is 0. The molecule has 0 aliphatic rings. The van der Waals surface area contributed by atoms with E-state index in [0.29, 0.717) is 5.02 Å². The van der Waals surface area contributed by atoms with Crippen LogP contribution in [0.15, 0.2) is 54.7 Å². The quantitative estimate of drug-likeness (QED) is 0.343. The fourth-order valence-corrected chi connectivity index (χ4v) is 2.69. The summed E-state index contributed by atoms with van der Waals surface area (Å²) in [6, 6.07) is 16.0. The average molecular weight is 265 g/mol. The molecule has 3 heteroatoms. The van der Waals surface area contributed by atoms with Gasteiger partial charge in [-0.15, -0.1) is 0 Å². The summed E-state index contributed by atoms with van der Waals surface area (Å²) in [6.07, 6.45) is 1.78. The lowest BCUT2D eigenvalue weighted by Crippen LogP contribution is -1.87. The number of benzene rings is 2. The van der Waals surface area contributed by atoms with Gasteiger partial charge in [0.25, 0.3) is 0 Å². The first-order valence-corrected chi connectivity index (χ1v) is 6.43. The molecule has 2 aromatic carbocycles. The Bertz CT molecular complexity index is 931. The zero-order chi connectivity index (χ0) is 12.8. The van der Waals surface area contributed by atoms with Crippen molar-refractivity contribution in [3.63, 3.8) is 0 Å². The Labute approximate surface area is 114 Å². The minimum Gasteiger partial charge on any atom is -0.254 e. The number of halogens is 1. The Hall–Kier alpha value is -2.19. The predicted octanol–water partition coefficient (Wildman–Crippen LogP) is 4.59. The molecule has 0 amide bonds. The van der Waals surface area contributed by atoms with Crippen molar-refractivity contribution in [2.45, 2.75) is 0 Å². The smallest absolute Gasteiger partial charge is 0.0987 e. The summed E-state index contributed by atoms with van der Waals surface area (Å²) in [5.41, 5.74) is 2.72. The largest absolute Gasteiger partial charge is 0.254 e. The van der Waals surface area contributed by atoms with Crippen LogP contribution in [0.4, 0.5) is 0 Å². The molecule has 0 bridgehead atoms. The SMILES string of the molecule is Clc1cc2cccnc2c2nc3ccccc3cc12. The van der Waals surface area contributed by atoms with E-state index >= 15 is 0 Å². The van der Waals surface area contributed by atoms with Crippen LogP contribution < -0.4 is 0 Å². The Morgan fingerprint density at radius 1 is 0.842 bits per heavy atom. The van der Waals surface area contributed by atoms with E-state index in [2.05, 4.69) is 11.1 Å². The summed E-state index contributed by atoms with van der Waals surface area (Å²) in [6.45, 7) is 0. The van der Waals surface area contributed by atoms with Gasteiger partial charge in [-0.1, -0.05) is 35.9 Å². The summed E-state index contributed by atoms with van der Waals surface area (Å²) in [5, 5.41) is 3.77. The molecule has 4 rings (SSSR count). The van der Waals surface area contributed by atoms with Crippen LogP contribution in [0.3, 0.4) is 0 Å². The third-order valence-corrected chi connectivity index (χ3v) is 3.64. The third-order valence-electron chi connectivity index (χ3n) is 3.33. The van der Waals surface area contributed by atoms with Crippen molar-refractivity contribution in [1.29, 1.82) is 0 Å². The van der Waals surface area contributed by atoms with E-state index in [1.807, 2.05) is 42.5 Å². The monoisotopic (exact) mass is 264 g/mol. The van der Waals surface area contributed by atoms with Crippen LogP contribution in [-0.4, -0.2) is 9.97 Å². The number of fused-ring (bicyclic) bond motifs is 4. The van der Waals surface area contributed by atoms with Crippen molar-refractivity contribution in [2.75, 3.05) is 0 Å². The second-order valence-electron chi connectivity index (χ2n) is 4.51. The number of pyridine rings is 2. The molecule has 0 spiro atoms. The Kier molecular flexibility index (Phi) is 2.20. The lowest BCUT2D eigenvalue weighted by Gasteiger charge is -2.06. The Morgan fingerprint density at radius 2 is 1.68 bits per heavy atom. The molecule has 0 fully saturated rings. The number of hydrogen-bond acceptors (Lipinski definition) is 2. The zero-order valence-electron chi connectivity index (χ0n) is 9.97. The molecule has 2 nitrogen and oxygen atoms in total. The minimum atomic E-state index is 0.716. The molecule has 0 saturated carbocycles. The normalized spacial score (nSPS) is 11.4. The summed E-state index contributed by atoms with van der Waals surface area (Å²) < 4.78 is 0. The highest BCUT2D eigenvalue weighted by Crippen LogP contribution is 2.31. The first kappa shape index (κ1) is 10.7. The maximum atomic E-state index is 6.37. The van der Waals surface area contributed by atoms with Gasteiger partial charge in [0.1, 0.15) is 0 Å². The van der Waals surface area contributed by atoms with E-state index in [0.717, 1.165) is 32.7 Å². The topological polar surface area (TPSA) is 25.8 Å². The third kappa shape index (κ3) is 1.57. The molecule has 2 aromatic heterocycles. The number of rotatable bonds is 0. The highest BCUT2D eigenvalue weighted by molar-refractivity contribution is 6.37. The predicted molar refractivity (Wildman–Crippen MR) is 79.6 cm³/mol. The van der Waals surface area contributed by atoms with Gasteiger partial charge in [0.15, 0.2) is 0 Å². The van der Waals surface area contributed by atoms with Crippen LogP contribution in [-0.2, 0) is 0 Å². The molecule has 0 atom stereocenters. The van der Waals surface area contributed by atoms with Gasteiger partial charge in [0.05, 0.1) is 21.6 Å².